The van der Waals surface area contributed by atoms with Gasteiger partial charge in [-0.25, -0.2) is 19.9 Å². The van der Waals surface area contributed by atoms with Crippen molar-refractivity contribution in [1.82, 2.24) is 40.1 Å². The monoisotopic (exact) mass is 892 g/mol. The molecule has 4 aromatic heterocycles. The number of benzene rings is 4. The minimum atomic E-state index is 0.214. The number of hydrogen-bond acceptors (Lipinski definition) is 13. The quantitative estimate of drug-likeness (QED) is 0.0944. The number of H-pyrrole nitrogens is 2. The third-order valence-corrected chi connectivity index (χ3v) is 12.2. The Morgan fingerprint density at radius 1 is 0.621 bits per heavy atom. The second kappa shape index (κ2) is 20.0. The van der Waals surface area contributed by atoms with Gasteiger partial charge < -0.3 is 43.7 Å². The second-order valence-electron chi connectivity index (χ2n) is 17.2. The molecule has 8 aromatic rings. The van der Waals surface area contributed by atoms with E-state index in [2.05, 4.69) is 52.3 Å². The highest BCUT2D eigenvalue weighted by Crippen LogP contribution is 2.39. The minimum absolute atomic E-state index is 0.214. The lowest BCUT2D eigenvalue weighted by Crippen LogP contribution is -2.38. The van der Waals surface area contributed by atoms with Crippen molar-refractivity contribution in [2.45, 2.75) is 46.5 Å². The number of Topliss-reactive ketones (excluding diaryl/α,β-unsaturated/α-hetero) is 1. The van der Waals surface area contributed by atoms with Crippen LogP contribution in [0, 0.1) is 25.7 Å². The number of rotatable bonds is 14. The fourth-order valence-electron chi connectivity index (χ4n) is 8.74. The predicted molar refractivity (Wildman–Crippen MR) is 255 cm³/mol. The average molecular weight is 893 g/mol. The van der Waals surface area contributed by atoms with E-state index in [4.69, 9.17) is 28.4 Å². The molecular formula is C51H56N8O7. The van der Waals surface area contributed by atoms with Crippen molar-refractivity contribution in [3.8, 4) is 46.3 Å². The van der Waals surface area contributed by atoms with E-state index in [0.29, 0.717) is 72.1 Å². The molecule has 2 fully saturated rings. The first kappa shape index (κ1) is 44.2. The van der Waals surface area contributed by atoms with E-state index in [1.54, 1.807) is 21.1 Å². The molecule has 342 valence electrons. The van der Waals surface area contributed by atoms with Gasteiger partial charge in [-0.3, -0.25) is 9.69 Å². The van der Waals surface area contributed by atoms with E-state index >= 15 is 0 Å². The first-order valence-electron chi connectivity index (χ1n) is 22.6. The van der Waals surface area contributed by atoms with E-state index in [9.17, 15) is 4.79 Å². The number of nitrogens with one attached hydrogen (secondary N) is 3. The molecule has 0 spiro atoms. The van der Waals surface area contributed by atoms with Crippen LogP contribution in [0.4, 0.5) is 0 Å². The summed E-state index contributed by atoms with van der Waals surface area (Å²) < 4.78 is 35.8. The van der Waals surface area contributed by atoms with Crippen molar-refractivity contribution in [2.75, 3.05) is 60.2 Å². The maximum atomic E-state index is 11.4. The zero-order valence-corrected chi connectivity index (χ0v) is 38.1. The van der Waals surface area contributed by atoms with Crippen LogP contribution in [-0.4, -0.2) is 101 Å². The molecule has 0 radical (unpaired) electrons. The Morgan fingerprint density at radius 2 is 1.11 bits per heavy atom. The lowest BCUT2D eigenvalue weighted by Gasteiger charge is -2.31. The van der Waals surface area contributed by atoms with Gasteiger partial charge in [-0.15, -0.1) is 0 Å². The second-order valence-corrected chi connectivity index (χ2v) is 17.2. The number of aromatic amines is 2. The van der Waals surface area contributed by atoms with Crippen LogP contribution in [0.3, 0.4) is 0 Å². The Balaban J connectivity index is 0.000000167. The predicted octanol–water partition coefficient (Wildman–Crippen LogP) is 9.50. The number of nitrogens with zero attached hydrogens (tertiary/aromatic N) is 5. The number of methoxy groups -OCH3 is 2. The standard InChI is InChI=1S/C27H30N4O4.C24H26N4O3/c1-17-10-20-11-21(4-5-23(20)30-17)35-27-22-12-25(33-3)26(13-24(22)28-16-29-27)34-15-19-6-8-31(9-7-19)14-18(2)32;1-15-9-17-10-18(3-4-20(17)28-15)31-24-19-11-22(29-2)23(12-21(19)26-14-27-24)30-13-16-5-7-25-8-6-16/h4-5,10-13,16,19,30H,6-9,14-15H2,1-3H3;3-4,9-12,14,16,25,28H,5-8,13H2,1-2H3. The van der Waals surface area contributed by atoms with Crippen LogP contribution in [0.1, 0.15) is 44.0 Å². The van der Waals surface area contributed by atoms with Gasteiger partial charge in [0.15, 0.2) is 23.0 Å². The van der Waals surface area contributed by atoms with Gasteiger partial charge in [0.05, 0.1) is 55.8 Å². The normalized spacial score (nSPS) is 14.9. The number of aromatic nitrogens is 6. The molecule has 10 rings (SSSR count). The molecule has 0 atom stereocenters. The molecule has 0 saturated carbocycles. The SMILES string of the molecule is COc1cc2c(Oc3ccc4[nH]c(C)cc4c3)ncnc2cc1OCC1CCN(CC(C)=O)CC1.COc1cc2c(Oc3ccc4[nH]c(C)cc4c3)ncnc2cc1OCC1CCNCC1. The molecule has 3 N–H and O–H groups in total. The number of piperidine rings is 2. The van der Waals surface area contributed by atoms with Gasteiger partial charge in [0.2, 0.25) is 11.8 Å². The number of fused-ring (bicyclic) bond motifs is 4. The average Bonchev–Trinajstić information content (AvgIpc) is 3.90. The maximum absolute atomic E-state index is 11.4. The van der Waals surface area contributed by atoms with Gasteiger partial charge in [0.25, 0.3) is 0 Å². The summed E-state index contributed by atoms with van der Waals surface area (Å²) in [6.07, 6.45) is 7.28. The van der Waals surface area contributed by atoms with E-state index in [-0.39, 0.29) is 5.78 Å². The Bertz CT molecular complexity index is 2970. The fourth-order valence-corrected chi connectivity index (χ4v) is 8.74. The zero-order valence-electron chi connectivity index (χ0n) is 38.1. The molecule has 0 aliphatic carbocycles. The van der Waals surface area contributed by atoms with Gasteiger partial charge in [0.1, 0.15) is 29.9 Å². The highest BCUT2D eigenvalue weighted by Gasteiger charge is 2.22. The fraction of sp³-hybridized carbons (Fsp3) is 0.353. The third-order valence-electron chi connectivity index (χ3n) is 12.2. The van der Waals surface area contributed by atoms with Crippen molar-refractivity contribution < 1.29 is 33.2 Å². The Hall–Kier alpha value is -6.97. The summed E-state index contributed by atoms with van der Waals surface area (Å²) in [6.45, 7) is 11.5. The van der Waals surface area contributed by atoms with Crippen molar-refractivity contribution in [3.05, 3.63) is 96.8 Å². The van der Waals surface area contributed by atoms with E-state index < -0.39 is 0 Å². The van der Waals surface area contributed by atoms with E-state index in [0.717, 1.165) is 113 Å². The summed E-state index contributed by atoms with van der Waals surface area (Å²) in [7, 11) is 3.27. The summed E-state index contributed by atoms with van der Waals surface area (Å²) in [4.78, 5) is 37.8. The van der Waals surface area contributed by atoms with Gasteiger partial charge >= 0.3 is 0 Å². The van der Waals surface area contributed by atoms with Gasteiger partial charge in [-0.2, -0.15) is 0 Å². The number of likely N-dealkylation sites (tertiary alicyclic amines) is 1. The Labute approximate surface area is 383 Å². The Kier molecular flexibility index (Phi) is 13.4. The molecule has 0 bridgehead atoms. The molecule has 6 heterocycles. The summed E-state index contributed by atoms with van der Waals surface area (Å²) in [6, 6.07) is 23.6. The Morgan fingerprint density at radius 3 is 1.58 bits per heavy atom. The van der Waals surface area contributed by atoms with Gasteiger partial charge in [0, 0.05) is 45.3 Å². The molecule has 2 saturated heterocycles. The largest absolute Gasteiger partial charge is 0.493 e. The summed E-state index contributed by atoms with van der Waals surface area (Å²) >= 11 is 0. The number of carbonyl (C=O) groups is 1. The third kappa shape index (κ3) is 10.4. The molecule has 0 amide bonds. The lowest BCUT2D eigenvalue weighted by molar-refractivity contribution is -0.118. The molecule has 15 heteroatoms. The van der Waals surface area contributed by atoms with Crippen LogP contribution in [0.25, 0.3) is 43.6 Å². The smallest absolute Gasteiger partial charge is 0.230 e. The van der Waals surface area contributed by atoms with E-state index in [1.165, 1.54) is 12.7 Å². The highest BCUT2D eigenvalue weighted by atomic mass is 16.5. The number of hydrogen-bond donors (Lipinski definition) is 3. The summed E-state index contributed by atoms with van der Waals surface area (Å²) in [5, 5.41) is 7.09. The molecule has 15 nitrogen and oxygen atoms in total. The number of ether oxygens (including phenoxy) is 6. The van der Waals surface area contributed by atoms with Crippen LogP contribution in [0.2, 0.25) is 0 Å². The summed E-state index contributed by atoms with van der Waals surface area (Å²) in [5.74, 6) is 6.19. The molecule has 2 aliphatic heterocycles. The molecule has 2 aliphatic rings. The number of carbonyl (C=O) groups excluding carboxylic acids is 1. The van der Waals surface area contributed by atoms with Crippen LogP contribution < -0.4 is 33.7 Å². The molecular weight excluding hydrogens is 837 g/mol. The first-order valence-corrected chi connectivity index (χ1v) is 22.6. The minimum Gasteiger partial charge on any atom is -0.493 e. The van der Waals surface area contributed by atoms with Crippen molar-refractivity contribution in [3.63, 3.8) is 0 Å². The van der Waals surface area contributed by atoms with Crippen LogP contribution >= 0.6 is 0 Å². The number of aryl methyl sites for hydroxylation is 2. The zero-order chi connectivity index (χ0) is 45.6. The van der Waals surface area contributed by atoms with Crippen LogP contribution in [0.5, 0.6) is 46.3 Å². The van der Waals surface area contributed by atoms with Gasteiger partial charge in [-0.05, 0) is 145 Å². The molecule has 66 heavy (non-hydrogen) atoms. The summed E-state index contributed by atoms with van der Waals surface area (Å²) in [5.41, 5.74) is 5.83. The maximum Gasteiger partial charge on any atom is 0.230 e. The molecule has 0 unspecified atom stereocenters. The van der Waals surface area contributed by atoms with Crippen molar-refractivity contribution in [1.29, 1.82) is 0 Å². The van der Waals surface area contributed by atoms with Crippen molar-refractivity contribution in [2.24, 2.45) is 11.8 Å². The lowest BCUT2D eigenvalue weighted by atomic mass is 9.97. The van der Waals surface area contributed by atoms with E-state index in [1.807, 2.05) is 74.5 Å². The van der Waals surface area contributed by atoms with Crippen molar-refractivity contribution >= 4 is 49.4 Å². The first-order chi connectivity index (χ1) is 32.2. The topological polar surface area (TPSA) is 171 Å². The van der Waals surface area contributed by atoms with Gasteiger partial charge in [-0.1, -0.05) is 0 Å². The number of ketones is 1. The van der Waals surface area contributed by atoms with Crippen LogP contribution in [0.15, 0.2) is 85.5 Å². The van der Waals surface area contributed by atoms with Crippen LogP contribution in [-0.2, 0) is 4.79 Å². The highest BCUT2D eigenvalue weighted by molar-refractivity contribution is 5.89. The molecule has 4 aromatic carbocycles.